The van der Waals surface area contributed by atoms with Crippen LogP contribution < -0.4 is 0 Å². The lowest BCUT2D eigenvalue weighted by atomic mass is 10.2. The average molecular weight is 295 g/mol. The summed E-state index contributed by atoms with van der Waals surface area (Å²) >= 11 is 0. The molecule has 2 fully saturated rings. The first-order chi connectivity index (χ1) is 10.3. The van der Waals surface area contributed by atoms with E-state index in [-0.39, 0.29) is 6.10 Å². The van der Waals surface area contributed by atoms with E-state index in [1.165, 1.54) is 12.8 Å². The number of aromatic nitrogens is 3. The molecule has 0 saturated carbocycles. The van der Waals surface area contributed by atoms with Crippen molar-refractivity contribution in [3.63, 3.8) is 0 Å². The van der Waals surface area contributed by atoms with E-state index in [9.17, 15) is 5.11 Å². The van der Waals surface area contributed by atoms with Crippen LogP contribution >= 0.6 is 0 Å². The number of rotatable bonds is 6. The predicted molar refractivity (Wildman–Crippen MR) is 77.9 cm³/mol. The van der Waals surface area contributed by atoms with Crippen molar-refractivity contribution in [3.8, 4) is 0 Å². The molecule has 1 N–H and O–H groups in total. The Labute approximate surface area is 125 Å². The van der Waals surface area contributed by atoms with Crippen LogP contribution in [0.15, 0.2) is 12.7 Å². The summed E-state index contributed by atoms with van der Waals surface area (Å²) in [5.74, 6) is 0. The van der Waals surface area contributed by atoms with E-state index >= 15 is 0 Å². The van der Waals surface area contributed by atoms with Gasteiger partial charge in [0.25, 0.3) is 0 Å². The fraction of sp³-hybridized carbons (Fsp3) is 0.857. The van der Waals surface area contributed by atoms with E-state index < -0.39 is 0 Å². The standard InChI is InChI=1S/C14H25N5O2/c20-14(9-17-4-6-21-7-5-17)10-18-3-1-2-13(18)8-19-12-15-11-16-19/h11-14,20H,1-10H2/t13-,14+/m0/s1. The Balaban J connectivity index is 1.46. The van der Waals surface area contributed by atoms with Crippen molar-refractivity contribution in [2.45, 2.75) is 31.5 Å². The Kier molecular flexibility index (Phi) is 5.18. The third kappa shape index (κ3) is 4.23. The van der Waals surface area contributed by atoms with Gasteiger partial charge >= 0.3 is 0 Å². The van der Waals surface area contributed by atoms with Gasteiger partial charge in [-0.2, -0.15) is 5.10 Å². The molecule has 0 aliphatic carbocycles. The molecule has 0 spiro atoms. The van der Waals surface area contributed by atoms with Crippen LogP contribution in [0.1, 0.15) is 12.8 Å². The minimum atomic E-state index is -0.292. The van der Waals surface area contributed by atoms with E-state index in [1.54, 1.807) is 12.7 Å². The lowest BCUT2D eigenvalue weighted by Crippen LogP contribution is -2.46. The Morgan fingerprint density at radius 1 is 1.24 bits per heavy atom. The number of hydrogen-bond acceptors (Lipinski definition) is 6. The number of aliphatic hydroxyl groups excluding tert-OH is 1. The van der Waals surface area contributed by atoms with Crippen molar-refractivity contribution < 1.29 is 9.84 Å². The smallest absolute Gasteiger partial charge is 0.137 e. The maximum Gasteiger partial charge on any atom is 0.137 e. The quantitative estimate of drug-likeness (QED) is 0.758. The van der Waals surface area contributed by atoms with Gasteiger partial charge in [0.15, 0.2) is 0 Å². The zero-order valence-electron chi connectivity index (χ0n) is 12.5. The number of ether oxygens (including phenoxy) is 1. The van der Waals surface area contributed by atoms with Gasteiger partial charge in [0.05, 0.1) is 25.9 Å². The second kappa shape index (κ2) is 7.31. The highest BCUT2D eigenvalue weighted by Gasteiger charge is 2.27. The summed E-state index contributed by atoms with van der Waals surface area (Å²) in [7, 11) is 0. The van der Waals surface area contributed by atoms with Crippen LogP contribution in [0.2, 0.25) is 0 Å². The molecule has 2 saturated heterocycles. The molecule has 2 atom stereocenters. The number of hydrogen-bond donors (Lipinski definition) is 1. The molecule has 118 valence electrons. The molecule has 2 aliphatic heterocycles. The molecule has 2 aliphatic rings. The summed E-state index contributed by atoms with van der Waals surface area (Å²) < 4.78 is 7.23. The van der Waals surface area contributed by atoms with Gasteiger partial charge in [-0.15, -0.1) is 0 Å². The zero-order valence-corrected chi connectivity index (χ0v) is 12.5. The zero-order chi connectivity index (χ0) is 14.5. The molecule has 0 aromatic carbocycles. The summed E-state index contributed by atoms with van der Waals surface area (Å²) in [5, 5.41) is 14.5. The fourth-order valence-corrected chi connectivity index (χ4v) is 3.30. The van der Waals surface area contributed by atoms with E-state index in [1.807, 2.05) is 4.68 Å². The Morgan fingerprint density at radius 3 is 2.86 bits per heavy atom. The van der Waals surface area contributed by atoms with Gasteiger partial charge < -0.3 is 9.84 Å². The van der Waals surface area contributed by atoms with E-state index in [4.69, 9.17) is 4.74 Å². The summed E-state index contributed by atoms with van der Waals surface area (Å²) in [6, 6.07) is 0.464. The maximum absolute atomic E-state index is 10.3. The SMILES string of the molecule is O[C@H](CN1CCOCC1)CN1CCC[C@H]1Cn1cncn1. The first-order valence-corrected chi connectivity index (χ1v) is 7.86. The van der Waals surface area contributed by atoms with E-state index in [0.717, 1.165) is 52.5 Å². The average Bonchev–Trinajstić information content (AvgIpc) is 3.13. The lowest BCUT2D eigenvalue weighted by Gasteiger charge is -2.31. The second-order valence-electron chi connectivity index (χ2n) is 5.98. The van der Waals surface area contributed by atoms with Crippen LogP contribution in [0.5, 0.6) is 0 Å². The third-order valence-electron chi connectivity index (χ3n) is 4.38. The van der Waals surface area contributed by atoms with Gasteiger partial charge in [-0.25, -0.2) is 4.98 Å². The largest absolute Gasteiger partial charge is 0.390 e. The predicted octanol–water partition coefficient (Wildman–Crippen LogP) is -0.564. The Morgan fingerprint density at radius 2 is 2.10 bits per heavy atom. The summed E-state index contributed by atoms with van der Waals surface area (Å²) in [5.41, 5.74) is 0. The van der Waals surface area contributed by atoms with Crippen LogP contribution in [0.25, 0.3) is 0 Å². The molecule has 1 aromatic heterocycles. The normalized spacial score (nSPS) is 26.2. The van der Waals surface area contributed by atoms with E-state index in [0.29, 0.717) is 6.04 Å². The van der Waals surface area contributed by atoms with Gasteiger partial charge in [0.2, 0.25) is 0 Å². The van der Waals surface area contributed by atoms with Crippen LogP contribution in [0.4, 0.5) is 0 Å². The molecule has 7 nitrogen and oxygen atoms in total. The Hall–Kier alpha value is -1.02. The molecule has 0 amide bonds. The van der Waals surface area contributed by atoms with Gasteiger partial charge in [0.1, 0.15) is 12.7 Å². The molecular formula is C14H25N5O2. The number of nitrogens with zero attached hydrogens (tertiary/aromatic N) is 5. The summed E-state index contributed by atoms with van der Waals surface area (Å²) in [6.45, 7) is 6.85. The Bertz CT molecular complexity index is 408. The van der Waals surface area contributed by atoms with Crippen molar-refractivity contribution >= 4 is 0 Å². The van der Waals surface area contributed by atoms with Gasteiger partial charge in [-0.3, -0.25) is 14.5 Å². The highest BCUT2D eigenvalue weighted by molar-refractivity contribution is 4.82. The molecule has 0 bridgehead atoms. The molecule has 7 heteroatoms. The second-order valence-corrected chi connectivity index (χ2v) is 5.98. The first-order valence-electron chi connectivity index (χ1n) is 7.86. The number of aliphatic hydroxyl groups is 1. The molecule has 1 aromatic rings. The lowest BCUT2D eigenvalue weighted by molar-refractivity contribution is 0.00531. The van der Waals surface area contributed by atoms with Crippen molar-refractivity contribution in [3.05, 3.63) is 12.7 Å². The van der Waals surface area contributed by atoms with Crippen molar-refractivity contribution in [2.24, 2.45) is 0 Å². The highest BCUT2D eigenvalue weighted by Crippen LogP contribution is 2.19. The van der Waals surface area contributed by atoms with Gasteiger partial charge in [0, 0.05) is 32.2 Å². The molecule has 3 heterocycles. The first kappa shape index (κ1) is 14.9. The fourth-order valence-electron chi connectivity index (χ4n) is 3.30. The third-order valence-corrected chi connectivity index (χ3v) is 4.38. The minimum absolute atomic E-state index is 0.292. The van der Waals surface area contributed by atoms with Crippen molar-refractivity contribution in [1.29, 1.82) is 0 Å². The highest BCUT2D eigenvalue weighted by atomic mass is 16.5. The molecule has 3 rings (SSSR count). The topological polar surface area (TPSA) is 66.7 Å². The molecule has 21 heavy (non-hydrogen) atoms. The summed E-state index contributed by atoms with van der Waals surface area (Å²) in [6.07, 6.45) is 5.42. The van der Waals surface area contributed by atoms with Gasteiger partial charge in [-0.1, -0.05) is 0 Å². The van der Waals surface area contributed by atoms with Crippen LogP contribution in [0, 0.1) is 0 Å². The van der Waals surface area contributed by atoms with Crippen LogP contribution in [-0.4, -0.2) is 87.8 Å². The van der Waals surface area contributed by atoms with Gasteiger partial charge in [-0.05, 0) is 19.4 Å². The van der Waals surface area contributed by atoms with E-state index in [2.05, 4.69) is 19.9 Å². The summed E-state index contributed by atoms with van der Waals surface area (Å²) in [4.78, 5) is 8.68. The van der Waals surface area contributed by atoms with Crippen LogP contribution in [-0.2, 0) is 11.3 Å². The van der Waals surface area contributed by atoms with Crippen molar-refractivity contribution in [2.75, 3.05) is 45.9 Å². The number of morpholine rings is 1. The molecule has 0 radical (unpaired) electrons. The molecular weight excluding hydrogens is 270 g/mol. The monoisotopic (exact) mass is 295 g/mol. The number of likely N-dealkylation sites (tertiary alicyclic amines) is 1. The van der Waals surface area contributed by atoms with Crippen molar-refractivity contribution in [1.82, 2.24) is 24.6 Å². The number of β-amino-alcohol motifs (C(OH)–C–C–N with tert-alkyl or cyclic N) is 1. The minimum Gasteiger partial charge on any atom is -0.390 e. The maximum atomic E-state index is 10.3. The molecule has 0 unspecified atom stereocenters. The van der Waals surface area contributed by atoms with Crippen LogP contribution in [0.3, 0.4) is 0 Å².